The summed E-state index contributed by atoms with van der Waals surface area (Å²) in [4.78, 5) is 13.7. The van der Waals surface area contributed by atoms with Crippen molar-refractivity contribution in [3.8, 4) is 39.6 Å². The van der Waals surface area contributed by atoms with Gasteiger partial charge >= 0.3 is 5.97 Å². The number of aromatic nitrogens is 1. The smallest absolute Gasteiger partial charge is 0.339 e. The van der Waals surface area contributed by atoms with Crippen molar-refractivity contribution in [1.82, 2.24) is 3.97 Å². The number of thiophene rings is 1. The van der Waals surface area contributed by atoms with E-state index in [1.165, 1.54) is 42.5 Å². The molecule has 0 spiro atoms. The number of methoxy groups -OCH3 is 1. The summed E-state index contributed by atoms with van der Waals surface area (Å²) in [6.45, 7) is 2.04. The van der Waals surface area contributed by atoms with Crippen molar-refractivity contribution in [2.75, 3.05) is 7.11 Å². The summed E-state index contributed by atoms with van der Waals surface area (Å²) in [5.41, 5.74) is 7.25. The van der Waals surface area contributed by atoms with Crippen molar-refractivity contribution in [3.05, 3.63) is 123 Å². The minimum Gasteiger partial charge on any atom is -0.465 e. The van der Waals surface area contributed by atoms with Crippen molar-refractivity contribution in [1.29, 1.82) is 5.26 Å². The van der Waals surface area contributed by atoms with Crippen molar-refractivity contribution < 1.29 is 13.9 Å². The number of benzene rings is 4. The van der Waals surface area contributed by atoms with E-state index in [4.69, 9.17) is 16.3 Å². The Labute approximate surface area is 255 Å². The van der Waals surface area contributed by atoms with Gasteiger partial charge in [0.05, 0.1) is 28.9 Å². The van der Waals surface area contributed by atoms with Crippen LogP contribution in [0.4, 0.5) is 4.39 Å². The van der Waals surface area contributed by atoms with Crippen LogP contribution >= 0.6 is 34.9 Å². The monoisotopic (exact) mass is 608 g/mol. The third kappa shape index (κ3) is 5.10. The van der Waals surface area contributed by atoms with Gasteiger partial charge in [0.15, 0.2) is 0 Å². The second-order valence-corrected chi connectivity index (χ2v) is 12.0. The quantitative estimate of drug-likeness (QED) is 0.177. The van der Waals surface area contributed by atoms with Crippen LogP contribution in [-0.2, 0) is 4.74 Å². The lowest BCUT2D eigenvalue weighted by Gasteiger charge is -2.14. The Morgan fingerprint density at radius 3 is 2.48 bits per heavy atom. The lowest BCUT2D eigenvalue weighted by Crippen LogP contribution is -2.01. The van der Waals surface area contributed by atoms with Crippen LogP contribution in [-0.4, -0.2) is 17.1 Å². The molecule has 0 N–H and O–H groups in total. The van der Waals surface area contributed by atoms with E-state index in [0.717, 1.165) is 54.9 Å². The Morgan fingerprint density at radius 1 is 0.976 bits per heavy atom. The van der Waals surface area contributed by atoms with Crippen molar-refractivity contribution in [2.45, 2.75) is 11.8 Å². The van der Waals surface area contributed by atoms with E-state index in [1.807, 2.05) is 48.7 Å². The Balaban J connectivity index is 1.61. The van der Waals surface area contributed by atoms with E-state index >= 15 is 0 Å². The van der Waals surface area contributed by atoms with E-state index in [1.54, 1.807) is 18.2 Å². The van der Waals surface area contributed by atoms with Gasteiger partial charge in [0.1, 0.15) is 16.8 Å². The Bertz CT molecular complexity index is 2020. The van der Waals surface area contributed by atoms with Gasteiger partial charge in [-0.25, -0.2) is 9.18 Å². The van der Waals surface area contributed by atoms with Gasteiger partial charge in [0.25, 0.3) is 0 Å². The molecule has 4 aromatic carbocycles. The highest BCUT2D eigenvalue weighted by Crippen LogP contribution is 2.47. The highest BCUT2D eigenvalue weighted by atomic mass is 35.5. The normalized spacial score (nSPS) is 11.0. The number of hydrogen-bond donors (Lipinski definition) is 0. The van der Waals surface area contributed by atoms with Crippen molar-refractivity contribution in [2.24, 2.45) is 0 Å². The molecule has 0 fully saturated rings. The van der Waals surface area contributed by atoms with Gasteiger partial charge in [0, 0.05) is 27.0 Å². The summed E-state index contributed by atoms with van der Waals surface area (Å²) in [7, 11) is 1.32. The predicted octanol–water partition coefficient (Wildman–Crippen LogP) is 10.0. The average molecular weight is 609 g/mol. The van der Waals surface area contributed by atoms with Crippen LogP contribution < -0.4 is 0 Å². The first-order chi connectivity index (χ1) is 20.4. The van der Waals surface area contributed by atoms with Crippen LogP contribution in [0.3, 0.4) is 0 Å². The maximum atomic E-state index is 14.8. The number of aryl methyl sites for hydroxylation is 1. The maximum Gasteiger partial charge on any atom is 0.339 e. The number of esters is 1. The summed E-state index contributed by atoms with van der Waals surface area (Å²) in [5, 5.41) is 12.8. The molecule has 2 aromatic heterocycles. The lowest BCUT2D eigenvalue weighted by atomic mass is 9.96. The SMILES string of the molecule is COC(=O)c1ccc(-c2cccc(-c3c(-c4ccsc4C#N)c4cc(F)ccc4n3Sc3ccc(C)cc3)c2)cc1Cl. The molecule has 0 aliphatic carbocycles. The van der Waals surface area contributed by atoms with Crippen LogP contribution in [0.1, 0.15) is 20.8 Å². The van der Waals surface area contributed by atoms with Gasteiger partial charge in [-0.2, -0.15) is 5.26 Å². The number of carbonyl (C=O) groups is 1. The fourth-order valence-corrected chi connectivity index (χ4v) is 6.94. The van der Waals surface area contributed by atoms with Crippen LogP contribution in [0.25, 0.3) is 44.4 Å². The minimum atomic E-state index is -0.501. The Morgan fingerprint density at radius 2 is 1.74 bits per heavy atom. The zero-order chi connectivity index (χ0) is 29.4. The number of fused-ring (bicyclic) bond motifs is 1. The average Bonchev–Trinajstić information content (AvgIpc) is 3.59. The zero-order valence-electron chi connectivity index (χ0n) is 22.5. The highest BCUT2D eigenvalue weighted by molar-refractivity contribution is 7.98. The number of hydrogen-bond acceptors (Lipinski definition) is 5. The first kappa shape index (κ1) is 27.8. The molecule has 0 atom stereocenters. The molecule has 8 heteroatoms. The third-order valence-electron chi connectivity index (χ3n) is 6.98. The molecule has 206 valence electrons. The van der Waals surface area contributed by atoms with Crippen LogP contribution in [0.5, 0.6) is 0 Å². The summed E-state index contributed by atoms with van der Waals surface area (Å²) in [6.07, 6.45) is 0. The fourth-order valence-electron chi connectivity index (χ4n) is 4.98. The van der Waals surface area contributed by atoms with E-state index < -0.39 is 5.97 Å². The molecule has 42 heavy (non-hydrogen) atoms. The van der Waals surface area contributed by atoms with Gasteiger partial charge in [-0.3, -0.25) is 3.97 Å². The maximum absolute atomic E-state index is 14.8. The van der Waals surface area contributed by atoms with E-state index in [-0.39, 0.29) is 5.82 Å². The van der Waals surface area contributed by atoms with Crippen LogP contribution in [0.15, 0.2) is 101 Å². The fraction of sp³-hybridized carbons (Fsp3) is 0.0588. The Kier molecular flexibility index (Phi) is 7.61. The first-order valence-electron chi connectivity index (χ1n) is 12.9. The molecular weight excluding hydrogens is 587 g/mol. The van der Waals surface area contributed by atoms with Crippen LogP contribution in [0, 0.1) is 24.1 Å². The molecule has 0 radical (unpaired) electrons. The van der Waals surface area contributed by atoms with Gasteiger partial charge in [-0.15, -0.1) is 11.3 Å². The van der Waals surface area contributed by atoms with Gasteiger partial charge in [-0.1, -0.05) is 53.6 Å². The predicted molar refractivity (Wildman–Crippen MR) is 170 cm³/mol. The number of carbonyl (C=O) groups excluding carboxylic acids is 1. The Hall–Kier alpha value is -4.35. The third-order valence-corrected chi connectivity index (χ3v) is 9.16. The number of rotatable bonds is 6. The minimum absolute atomic E-state index is 0.291. The van der Waals surface area contributed by atoms with Gasteiger partial charge < -0.3 is 4.74 Å². The standard InChI is InChI=1S/C34H22ClFN2O2S2/c1-20-6-10-25(11-7-20)42-38-30-13-9-24(36)18-28(30)32(27-14-15-41-31(27)19-37)33(38)23-5-3-4-21(16-23)22-8-12-26(29(35)17-22)34(39)40-2/h3-18H,1-2H3. The largest absolute Gasteiger partial charge is 0.465 e. The number of ether oxygens (including phenoxy) is 1. The van der Waals surface area contributed by atoms with Crippen LogP contribution in [0.2, 0.25) is 5.02 Å². The molecule has 0 aliphatic heterocycles. The molecule has 0 aliphatic rings. The zero-order valence-corrected chi connectivity index (χ0v) is 24.9. The molecule has 4 nitrogen and oxygen atoms in total. The topological polar surface area (TPSA) is 55.0 Å². The summed E-state index contributed by atoms with van der Waals surface area (Å²) >= 11 is 9.36. The highest BCUT2D eigenvalue weighted by Gasteiger charge is 2.24. The molecule has 0 saturated heterocycles. The molecular formula is C34H22ClFN2O2S2. The second kappa shape index (κ2) is 11.5. The molecule has 0 unspecified atom stereocenters. The molecule has 6 aromatic rings. The molecule has 0 saturated carbocycles. The van der Waals surface area contributed by atoms with E-state index in [9.17, 15) is 14.4 Å². The summed E-state index contributed by atoms with van der Waals surface area (Å²) in [6, 6.07) is 30.5. The number of nitriles is 1. The summed E-state index contributed by atoms with van der Waals surface area (Å²) < 4.78 is 21.7. The summed E-state index contributed by atoms with van der Waals surface area (Å²) in [5.74, 6) is -0.852. The molecule has 0 amide bonds. The first-order valence-corrected chi connectivity index (χ1v) is 15.0. The van der Waals surface area contributed by atoms with E-state index in [0.29, 0.717) is 15.5 Å². The second-order valence-electron chi connectivity index (χ2n) is 9.63. The molecule has 6 rings (SSSR count). The molecule has 2 heterocycles. The van der Waals surface area contributed by atoms with Gasteiger partial charge in [-0.05, 0) is 90.0 Å². The van der Waals surface area contributed by atoms with Crippen molar-refractivity contribution in [3.63, 3.8) is 0 Å². The number of halogens is 2. The van der Waals surface area contributed by atoms with E-state index in [2.05, 4.69) is 34.3 Å². The molecule has 0 bridgehead atoms. The lowest BCUT2D eigenvalue weighted by molar-refractivity contribution is 0.0601. The number of nitrogens with zero attached hydrogens (tertiary/aromatic N) is 2. The van der Waals surface area contributed by atoms with Crippen molar-refractivity contribution >= 4 is 51.8 Å². The van der Waals surface area contributed by atoms with Gasteiger partial charge in [0.2, 0.25) is 0 Å².